The third-order valence-corrected chi connectivity index (χ3v) is 3.12. The molecule has 0 fully saturated rings. The van der Waals surface area contributed by atoms with Crippen LogP contribution >= 0.6 is 0 Å². The topological polar surface area (TPSA) is 55.1 Å². The second-order valence-corrected chi connectivity index (χ2v) is 5.88. The second kappa shape index (κ2) is 5.37. The SMILES string of the molecule is CC(C)(C)c1ccccc1C(=O)Nc1cccc(N)c1. The van der Waals surface area contributed by atoms with Crippen LogP contribution in [0.2, 0.25) is 0 Å². The van der Waals surface area contributed by atoms with Crippen LogP contribution in [0, 0.1) is 0 Å². The summed E-state index contributed by atoms with van der Waals surface area (Å²) in [5, 5.41) is 2.89. The van der Waals surface area contributed by atoms with Gasteiger partial charge in [-0.15, -0.1) is 0 Å². The number of hydrogen-bond donors (Lipinski definition) is 2. The molecule has 0 aliphatic carbocycles. The van der Waals surface area contributed by atoms with Crippen molar-refractivity contribution in [3.8, 4) is 0 Å². The van der Waals surface area contributed by atoms with E-state index in [1.165, 1.54) is 0 Å². The molecule has 0 heterocycles. The Balaban J connectivity index is 2.31. The number of amides is 1. The molecule has 0 aliphatic heterocycles. The second-order valence-electron chi connectivity index (χ2n) is 5.88. The van der Waals surface area contributed by atoms with Gasteiger partial charge in [0.25, 0.3) is 5.91 Å². The summed E-state index contributed by atoms with van der Waals surface area (Å²) in [5.41, 5.74) is 8.71. The largest absolute Gasteiger partial charge is 0.399 e. The highest BCUT2D eigenvalue weighted by molar-refractivity contribution is 6.05. The molecule has 0 aliphatic rings. The first-order chi connectivity index (χ1) is 9.38. The Morgan fingerprint density at radius 2 is 1.75 bits per heavy atom. The Hall–Kier alpha value is -2.29. The van der Waals surface area contributed by atoms with Crippen molar-refractivity contribution in [2.75, 3.05) is 11.1 Å². The van der Waals surface area contributed by atoms with Crippen molar-refractivity contribution in [3.63, 3.8) is 0 Å². The van der Waals surface area contributed by atoms with Gasteiger partial charge < -0.3 is 11.1 Å². The van der Waals surface area contributed by atoms with E-state index in [1.54, 1.807) is 12.1 Å². The van der Waals surface area contributed by atoms with Crippen molar-refractivity contribution in [3.05, 3.63) is 59.7 Å². The molecular formula is C17H20N2O. The van der Waals surface area contributed by atoms with Gasteiger partial charge in [0.15, 0.2) is 0 Å². The van der Waals surface area contributed by atoms with Crippen LogP contribution < -0.4 is 11.1 Å². The van der Waals surface area contributed by atoms with Gasteiger partial charge in [-0.3, -0.25) is 4.79 Å². The lowest BCUT2D eigenvalue weighted by Gasteiger charge is -2.22. The summed E-state index contributed by atoms with van der Waals surface area (Å²) in [6, 6.07) is 14.9. The number of nitrogen functional groups attached to an aromatic ring is 1. The molecule has 2 aromatic rings. The summed E-state index contributed by atoms with van der Waals surface area (Å²) in [6.07, 6.45) is 0. The Morgan fingerprint density at radius 3 is 2.40 bits per heavy atom. The van der Waals surface area contributed by atoms with E-state index in [1.807, 2.05) is 36.4 Å². The lowest BCUT2D eigenvalue weighted by Crippen LogP contribution is -2.20. The fourth-order valence-corrected chi connectivity index (χ4v) is 2.15. The molecule has 0 saturated carbocycles. The van der Waals surface area contributed by atoms with E-state index in [4.69, 9.17) is 5.73 Å². The Bertz CT molecular complexity index is 627. The number of carbonyl (C=O) groups is 1. The van der Waals surface area contributed by atoms with E-state index < -0.39 is 0 Å². The van der Waals surface area contributed by atoms with Gasteiger partial charge in [-0.05, 0) is 35.2 Å². The van der Waals surface area contributed by atoms with Gasteiger partial charge in [0.2, 0.25) is 0 Å². The van der Waals surface area contributed by atoms with E-state index in [2.05, 4.69) is 26.1 Å². The van der Waals surface area contributed by atoms with Crippen molar-refractivity contribution in [1.82, 2.24) is 0 Å². The molecule has 3 heteroatoms. The smallest absolute Gasteiger partial charge is 0.255 e. The van der Waals surface area contributed by atoms with Crippen molar-refractivity contribution >= 4 is 17.3 Å². The van der Waals surface area contributed by atoms with Crippen LogP contribution in [0.25, 0.3) is 0 Å². The maximum atomic E-state index is 12.4. The molecule has 0 unspecified atom stereocenters. The minimum atomic E-state index is -0.110. The van der Waals surface area contributed by atoms with Gasteiger partial charge >= 0.3 is 0 Å². The third-order valence-electron chi connectivity index (χ3n) is 3.12. The quantitative estimate of drug-likeness (QED) is 0.813. The zero-order chi connectivity index (χ0) is 14.8. The normalized spacial score (nSPS) is 11.2. The summed E-state index contributed by atoms with van der Waals surface area (Å²) in [7, 11) is 0. The molecule has 0 radical (unpaired) electrons. The highest BCUT2D eigenvalue weighted by Crippen LogP contribution is 2.26. The molecule has 2 aromatic carbocycles. The number of nitrogens with one attached hydrogen (secondary N) is 1. The average Bonchev–Trinajstić information content (AvgIpc) is 2.37. The molecule has 0 spiro atoms. The van der Waals surface area contributed by atoms with Crippen LogP contribution in [-0.4, -0.2) is 5.91 Å². The molecule has 20 heavy (non-hydrogen) atoms. The number of hydrogen-bond acceptors (Lipinski definition) is 2. The molecule has 104 valence electrons. The first-order valence-corrected chi connectivity index (χ1v) is 6.64. The molecule has 0 bridgehead atoms. The predicted molar refractivity (Wildman–Crippen MR) is 83.9 cm³/mol. The fourth-order valence-electron chi connectivity index (χ4n) is 2.15. The standard InChI is InChI=1S/C17H20N2O/c1-17(2,3)15-10-5-4-9-14(15)16(20)19-13-8-6-7-12(18)11-13/h4-11H,18H2,1-3H3,(H,19,20). The molecule has 0 aromatic heterocycles. The first kappa shape index (κ1) is 14.1. The average molecular weight is 268 g/mol. The van der Waals surface area contributed by atoms with Crippen LogP contribution in [-0.2, 0) is 5.41 Å². The van der Waals surface area contributed by atoms with E-state index in [-0.39, 0.29) is 11.3 Å². The van der Waals surface area contributed by atoms with E-state index in [0.29, 0.717) is 16.9 Å². The van der Waals surface area contributed by atoms with Crippen molar-refractivity contribution in [2.45, 2.75) is 26.2 Å². The Labute approximate surface area is 119 Å². The van der Waals surface area contributed by atoms with Crippen LogP contribution in [0.1, 0.15) is 36.7 Å². The Kier molecular flexibility index (Phi) is 3.79. The van der Waals surface area contributed by atoms with Gasteiger partial charge in [0.1, 0.15) is 0 Å². The maximum absolute atomic E-state index is 12.4. The van der Waals surface area contributed by atoms with Crippen LogP contribution in [0.3, 0.4) is 0 Å². The lowest BCUT2D eigenvalue weighted by atomic mass is 9.83. The van der Waals surface area contributed by atoms with Gasteiger partial charge in [-0.1, -0.05) is 45.0 Å². The predicted octanol–water partition coefficient (Wildman–Crippen LogP) is 3.82. The van der Waals surface area contributed by atoms with Crippen LogP contribution in [0.5, 0.6) is 0 Å². The molecular weight excluding hydrogens is 248 g/mol. The monoisotopic (exact) mass is 268 g/mol. The van der Waals surface area contributed by atoms with Crippen LogP contribution in [0.4, 0.5) is 11.4 Å². The highest BCUT2D eigenvalue weighted by Gasteiger charge is 2.21. The number of carbonyl (C=O) groups excluding carboxylic acids is 1. The molecule has 1 amide bonds. The fraction of sp³-hybridized carbons (Fsp3) is 0.235. The van der Waals surface area contributed by atoms with Gasteiger partial charge in [-0.2, -0.15) is 0 Å². The minimum Gasteiger partial charge on any atom is -0.399 e. The third kappa shape index (κ3) is 3.18. The van der Waals surface area contributed by atoms with Gasteiger partial charge in [0.05, 0.1) is 0 Å². The van der Waals surface area contributed by atoms with Gasteiger partial charge in [0, 0.05) is 16.9 Å². The minimum absolute atomic E-state index is 0.0797. The molecule has 2 rings (SSSR count). The molecule has 3 N–H and O–H groups in total. The lowest BCUT2D eigenvalue weighted by molar-refractivity contribution is 0.102. The summed E-state index contributed by atoms with van der Waals surface area (Å²) < 4.78 is 0. The number of anilines is 2. The number of nitrogens with two attached hydrogens (primary N) is 1. The Morgan fingerprint density at radius 1 is 1.05 bits per heavy atom. The van der Waals surface area contributed by atoms with Crippen molar-refractivity contribution in [2.24, 2.45) is 0 Å². The molecule has 0 atom stereocenters. The number of benzene rings is 2. The van der Waals surface area contributed by atoms with Crippen LogP contribution in [0.15, 0.2) is 48.5 Å². The maximum Gasteiger partial charge on any atom is 0.255 e. The van der Waals surface area contributed by atoms with Crippen molar-refractivity contribution < 1.29 is 4.79 Å². The highest BCUT2D eigenvalue weighted by atomic mass is 16.1. The van der Waals surface area contributed by atoms with E-state index >= 15 is 0 Å². The number of rotatable bonds is 2. The summed E-state index contributed by atoms with van der Waals surface area (Å²) in [4.78, 5) is 12.4. The van der Waals surface area contributed by atoms with E-state index in [0.717, 1.165) is 5.56 Å². The summed E-state index contributed by atoms with van der Waals surface area (Å²) >= 11 is 0. The first-order valence-electron chi connectivity index (χ1n) is 6.64. The summed E-state index contributed by atoms with van der Waals surface area (Å²) in [5.74, 6) is -0.110. The van der Waals surface area contributed by atoms with Gasteiger partial charge in [-0.25, -0.2) is 0 Å². The van der Waals surface area contributed by atoms with Crippen molar-refractivity contribution in [1.29, 1.82) is 0 Å². The zero-order valence-electron chi connectivity index (χ0n) is 12.1. The zero-order valence-corrected chi connectivity index (χ0v) is 12.1. The molecule has 0 saturated heterocycles. The summed E-state index contributed by atoms with van der Waals surface area (Å²) in [6.45, 7) is 6.29. The molecule has 3 nitrogen and oxygen atoms in total. The van der Waals surface area contributed by atoms with E-state index in [9.17, 15) is 4.79 Å².